The molecule has 0 radical (unpaired) electrons. The van der Waals surface area contributed by atoms with Gasteiger partial charge in [-0.15, -0.1) is 0 Å². The van der Waals surface area contributed by atoms with Crippen molar-refractivity contribution in [2.24, 2.45) is 0 Å². The Morgan fingerprint density at radius 2 is 2.00 bits per heavy atom. The molecule has 0 unspecified atom stereocenters. The van der Waals surface area contributed by atoms with Crippen molar-refractivity contribution < 1.29 is 9.34 Å². The van der Waals surface area contributed by atoms with Gasteiger partial charge < -0.3 is 9.73 Å². The molecule has 1 heterocycles. The van der Waals surface area contributed by atoms with Gasteiger partial charge in [0.05, 0.1) is 4.92 Å². The van der Waals surface area contributed by atoms with Crippen molar-refractivity contribution in [3.05, 3.63) is 78.1 Å². The van der Waals surface area contributed by atoms with Crippen molar-refractivity contribution in [1.82, 2.24) is 0 Å². The SMILES string of the molecule is O=c1cc(CNc2ccc(Cl)c([N+](=O)[O-])c2)c2ccc(Br)cc2o1. The minimum Gasteiger partial charge on any atom is -0.423 e. The molecule has 6 nitrogen and oxygen atoms in total. The highest BCUT2D eigenvalue weighted by atomic mass is 79.9. The third kappa shape index (κ3) is 3.42. The molecule has 122 valence electrons. The lowest BCUT2D eigenvalue weighted by atomic mass is 10.1. The standard InChI is InChI=1S/C16H10BrClN2O4/c17-10-1-3-12-9(5-16(21)24-15(12)6-10)8-19-11-2-4-13(18)14(7-11)20(22)23/h1-7,19H,8H2. The van der Waals surface area contributed by atoms with Crippen LogP contribution in [-0.2, 0) is 6.54 Å². The van der Waals surface area contributed by atoms with Gasteiger partial charge in [-0.1, -0.05) is 27.5 Å². The van der Waals surface area contributed by atoms with Crippen LogP contribution in [0.15, 0.2) is 56.1 Å². The van der Waals surface area contributed by atoms with Gasteiger partial charge in [-0.3, -0.25) is 10.1 Å². The van der Waals surface area contributed by atoms with E-state index < -0.39 is 10.5 Å². The molecule has 0 saturated heterocycles. The number of nitro benzene ring substituents is 1. The third-order valence-electron chi connectivity index (χ3n) is 3.42. The first-order chi connectivity index (χ1) is 11.4. The fourth-order valence-corrected chi connectivity index (χ4v) is 2.84. The third-order valence-corrected chi connectivity index (χ3v) is 4.23. The molecule has 0 aliphatic rings. The summed E-state index contributed by atoms with van der Waals surface area (Å²) in [5, 5.41) is 14.9. The summed E-state index contributed by atoms with van der Waals surface area (Å²) >= 11 is 9.13. The Labute approximate surface area is 149 Å². The first-order valence-electron chi connectivity index (χ1n) is 6.84. The number of benzene rings is 2. The van der Waals surface area contributed by atoms with E-state index in [2.05, 4.69) is 21.2 Å². The number of fused-ring (bicyclic) bond motifs is 1. The van der Waals surface area contributed by atoms with Crippen molar-refractivity contribution in [3.8, 4) is 0 Å². The van der Waals surface area contributed by atoms with E-state index in [0.29, 0.717) is 17.8 Å². The van der Waals surface area contributed by atoms with E-state index in [9.17, 15) is 14.9 Å². The summed E-state index contributed by atoms with van der Waals surface area (Å²) in [5.41, 5.74) is 1.09. The number of hydrogen-bond donors (Lipinski definition) is 1. The van der Waals surface area contributed by atoms with Crippen LogP contribution >= 0.6 is 27.5 Å². The molecule has 0 amide bonds. The van der Waals surface area contributed by atoms with Crippen LogP contribution in [-0.4, -0.2) is 4.92 Å². The predicted octanol–water partition coefficient (Wildman–Crippen LogP) is 4.73. The van der Waals surface area contributed by atoms with Gasteiger partial charge in [0, 0.05) is 34.2 Å². The number of rotatable bonds is 4. The smallest absolute Gasteiger partial charge is 0.336 e. The number of nitrogens with zero attached hydrogens (tertiary/aromatic N) is 1. The molecular weight excluding hydrogens is 400 g/mol. The van der Waals surface area contributed by atoms with Crippen molar-refractivity contribution in [3.63, 3.8) is 0 Å². The molecule has 0 saturated carbocycles. The maximum absolute atomic E-state index is 11.7. The largest absolute Gasteiger partial charge is 0.423 e. The molecule has 1 aromatic heterocycles. The van der Waals surface area contributed by atoms with Gasteiger partial charge in [0.25, 0.3) is 5.69 Å². The first-order valence-corrected chi connectivity index (χ1v) is 8.01. The predicted molar refractivity (Wildman–Crippen MR) is 95.6 cm³/mol. The maximum Gasteiger partial charge on any atom is 0.336 e. The lowest BCUT2D eigenvalue weighted by Gasteiger charge is -2.09. The Balaban J connectivity index is 1.92. The highest BCUT2D eigenvalue weighted by Crippen LogP contribution is 2.28. The van der Waals surface area contributed by atoms with Gasteiger partial charge in [-0.05, 0) is 35.9 Å². The quantitative estimate of drug-likeness (QED) is 0.382. The van der Waals surface area contributed by atoms with Crippen LogP contribution in [0.3, 0.4) is 0 Å². The zero-order chi connectivity index (χ0) is 17.3. The summed E-state index contributed by atoms with van der Waals surface area (Å²) in [5.74, 6) is 0. The van der Waals surface area contributed by atoms with Crippen LogP contribution in [0.25, 0.3) is 11.0 Å². The van der Waals surface area contributed by atoms with Crippen molar-refractivity contribution in [2.45, 2.75) is 6.54 Å². The minimum absolute atomic E-state index is 0.0706. The van der Waals surface area contributed by atoms with E-state index in [-0.39, 0.29) is 10.7 Å². The molecule has 8 heteroatoms. The van der Waals surface area contributed by atoms with Crippen LogP contribution in [0.1, 0.15) is 5.56 Å². The number of nitro groups is 1. The number of halogens is 2. The van der Waals surface area contributed by atoms with E-state index >= 15 is 0 Å². The highest BCUT2D eigenvalue weighted by Gasteiger charge is 2.13. The highest BCUT2D eigenvalue weighted by molar-refractivity contribution is 9.10. The lowest BCUT2D eigenvalue weighted by molar-refractivity contribution is -0.384. The second kappa shape index (κ2) is 6.62. The molecule has 0 spiro atoms. The van der Waals surface area contributed by atoms with Crippen molar-refractivity contribution in [1.29, 1.82) is 0 Å². The lowest BCUT2D eigenvalue weighted by Crippen LogP contribution is -2.06. The summed E-state index contributed by atoms with van der Waals surface area (Å²) in [6.07, 6.45) is 0. The fraction of sp³-hybridized carbons (Fsp3) is 0.0625. The maximum atomic E-state index is 11.7. The van der Waals surface area contributed by atoms with E-state index in [1.165, 1.54) is 18.2 Å². The molecule has 0 bridgehead atoms. The topological polar surface area (TPSA) is 85.4 Å². The van der Waals surface area contributed by atoms with Gasteiger partial charge in [0.1, 0.15) is 10.6 Å². The normalized spacial score (nSPS) is 10.8. The van der Waals surface area contributed by atoms with Gasteiger partial charge in [0.2, 0.25) is 0 Å². The average molecular weight is 410 g/mol. The van der Waals surface area contributed by atoms with E-state index in [4.69, 9.17) is 16.0 Å². The van der Waals surface area contributed by atoms with Gasteiger partial charge in [0.15, 0.2) is 0 Å². The Morgan fingerprint density at radius 1 is 1.21 bits per heavy atom. The summed E-state index contributed by atoms with van der Waals surface area (Å²) < 4.78 is 5.98. The van der Waals surface area contributed by atoms with Crippen LogP contribution < -0.4 is 10.9 Å². The van der Waals surface area contributed by atoms with Crippen molar-refractivity contribution in [2.75, 3.05) is 5.32 Å². The number of hydrogen-bond acceptors (Lipinski definition) is 5. The van der Waals surface area contributed by atoms with E-state index in [1.807, 2.05) is 12.1 Å². The minimum atomic E-state index is -0.544. The Hall–Kier alpha value is -2.38. The Bertz CT molecular complexity index is 1000. The molecular formula is C16H10BrClN2O4. The van der Waals surface area contributed by atoms with E-state index in [0.717, 1.165) is 15.4 Å². The first kappa shape index (κ1) is 16.5. The number of anilines is 1. The molecule has 2 aromatic carbocycles. The van der Waals surface area contributed by atoms with Crippen LogP contribution in [0.5, 0.6) is 0 Å². The summed E-state index contributed by atoms with van der Waals surface area (Å²) in [7, 11) is 0. The van der Waals surface area contributed by atoms with Crippen LogP contribution in [0, 0.1) is 10.1 Å². The molecule has 3 rings (SSSR count). The second-order valence-electron chi connectivity index (χ2n) is 5.01. The van der Waals surface area contributed by atoms with Crippen LogP contribution in [0.2, 0.25) is 5.02 Å². The van der Waals surface area contributed by atoms with Gasteiger partial charge in [-0.2, -0.15) is 0 Å². The van der Waals surface area contributed by atoms with Crippen molar-refractivity contribution >= 4 is 49.9 Å². The average Bonchev–Trinajstić information content (AvgIpc) is 2.52. The fourth-order valence-electron chi connectivity index (χ4n) is 2.31. The summed E-state index contributed by atoms with van der Waals surface area (Å²) in [6.45, 7) is 0.308. The molecule has 24 heavy (non-hydrogen) atoms. The summed E-state index contributed by atoms with van der Waals surface area (Å²) in [6, 6.07) is 11.2. The Morgan fingerprint density at radius 3 is 2.75 bits per heavy atom. The zero-order valence-corrected chi connectivity index (χ0v) is 14.4. The molecule has 0 atom stereocenters. The molecule has 0 fully saturated rings. The molecule has 1 N–H and O–H groups in total. The second-order valence-corrected chi connectivity index (χ2v) is 6.33. The van der Waals surface area contributed by atoms with E-state index in [1.54, 1.807) is 12.1 Å². The number of nitrogens with one attached hydrogen (secondary N) is 1. The van der Waals surface area contributed by atoms with Gasteiger partial charge >= 0.3 is 5.63 Å². The zero-order valence-electron chi connectivity index (χ0n) is 12.1. The monoisotopic (exact) mass is 408 g/mol. The van der Waals surface area contributed by atoms with Gasteiger partial charge in [-0.25, -0.2) is 4.79 Å². The Kier molecular flexibility index (Phi) is 4.55. The molecule has 3 aromatic rings. The van der Waals surface area contributed by atoms with Crippen LogP contribution in [0.4, 0.5) is 11.4 Å². The molecule has 0 aliphatic heterocycles. The molecule has 0 aliphatic carbocycles. The summed E-state index contributed by atoms with van der Waals surface area (Å²) in [4.78, 5) is 22.1.